The molecule has 0 unspecified atom stereocenters. The number of aromatic nitrogens is 3. The number of fused-ring (bicyclic) bond motifs is 4. The highest BCUT2D eigenvalue weighted by molar-refractivity contribution is 6.07. The maximum Gasteiger partial charge on any atom is 0.321 e. The number of H-pyrrole nitrogens is 1. The van der Waals surface area contributed by atoms with Gasteiger partial charge in [0.05, 0.1) is 11.0 Å². The Bertz CT molecular complexity index is 1440. The second kappa shape index (κ2) is 7.53. The van der Waals surface area contributed by atoms with Crippen LogP contribution in [0.15, 0.2) is 72.8 Å². The van der Waals surface area contributed by atoms with E-state index in [-0.39, 0.29) is 6.03 Å². The lowest BCUT2D eigenvalue weighted by Crippen LogP contribution is -2.50. The van der Waals surface area contributed by atoms with E-state index in [1.54, 1.807) is 0 Å². The van der Waals surface area contributed by atoms with E-state index in [1.165, 1.54) is 5.69 Å². The van der Waals surface area contributed by atoms with Gasteiger partial charge in [0.15, 0.2) is 5.65 Å². The Balaban J connectivity index is 1.21. The number of nitrogens with zero attached hydrogens (tertiary/aromatic N) is 4. The summed E-state index contributed by atoms with van der Waals surface area (Å²) in [6, 6.07) is 23.9. The number of benzene rings is 3. The van der Waals surface area contributed by atoms with Gasteiger partial charge in [0.1, 0.15) is 5.52 Å². The molecule has 158 valence electrons. The van der Waals surface area contributed by atoms with Crippen molar-refractivity contribution in [1.82, 2.24) is 19.9 Å². The second-order valence-electron chi connectivity index (χ2n) is 8.03. The number of carbonyl (C=O) groups excluding carboxylic acids is 1. The van der Waals surface area contributed by atoms with Crippen LogP contribution >= 0.6 is 0 Å². The van der Waals surface area contributed by atoms with Crippen LogP contribution in [0.1, 0.15) is 0 Å². The van der Waals surface area contributed by atoms with Crippen molar-refractivity contribution in [2.75, 3.05) is 36.4 Å². The third kappa shape index (κ3) is 3.28. The fourth-order valence-electron chi connectivity index (χ4n) is 4.34. The SMILES string of the molecule is O=C(Nc1ccc2[nH]c3nc4ccccc4nc3c2c1)N1CCN(c2ccccc2)CC1. The Labute approximate surface area is 184 Å². The topological polar surface area (TPSA) is 77.1 Å². The van der Waals surface area contributed by atoms with Crippen LogP contribution in [-0.4, -0.2) is 52.1 Å². The van der Waals surface area contributed by atoms with E-state index in [1.807, 2.05) is 65.6 Å². The van der Waals surface area contributed by atoms with Crippen molar-refractivity contribution >= 4 is 50.5 Å². The molecule has 0 aliphatic carbocycles. The van der Waals surface area contributed by atoms with Gasteiger partial charge < -0.3 is 20.1 Å². The molecule has 32 heavy (non-hydrogen) atoms. The smallest absolute Gasteiger partial charge is 0.321 e. The lowest BCUT2D eigenvalue weighted by Gasteiger charge is -2.36. The highest BCUT2D eigenvalue weighted by atomic mass is 16.2. The molecule has 0 radical (unpaired) electrons. The van der Waals surface area contributed by atoms with E-state index in [2.05, 4.69) is 27.3 Å². The number of amides is 2. The minimum atomic E-state index is -0.0755. The van der Waals surface area contributed by atoms with Crippen LogP contribution in [0.25, 0.3) is 33.1 Å². The van der Waals surface area contributed by atoms with Crippen molar-refractivity contribution < 1.29 is 4.79 Å². The Morgan fingerprint density at radius 1 is 0.844 bits per heavy atom. The zero-order valence-electron chi connectivity index (χ0n) is 17.5. The zero-order chi connectivity index (χ0) is 21.5. The van der Waals surface area contributed by atoms with Crippen molar-refractivity contribution in [3.05, 3.63) is 72.8 Å². The summed E-state index contributed by atoms with van der Waals surface area (Å²) in [4.78, 5) is 29.9. The van der Waals surface area contributed by atoms with Crippen LogP contribution in [0.5, 0.6) is 0 Å². The second-order valence-corrected chi connectivity index (χ2v) is 8.03. The number of urea groups is 1. The van der Waals surface area contributed by atoms with Crippen molar-refractivity contribution in [3.8, 4) is 0 Å². The molecule has 7 heteroatoms. The predicted octanol–water partition coefficient (Wildman–Crippen LogP) is 4.62. The number of rotatable bonds is 2. The van der Waals surface area contributed by atoms with E-state index >= 15 is 0 Å². The molecular weight excluding hydrogens is 400 g/mol. The number of nitrogens with one attached hydrogen (secondary N) is 2. The minimum Gasteiger partial charge on any atom is -0.368 e. The van der Waals surface area contributed by atoms with Crippen LogP contribution in [-0.2, 0) is 0 Å². The Morgan fingerprint density at radius 2 is 1.56 bits per heavy atom. The van der Waals surface area contributed by atoms with Gasteiger partial charge in [-0.15, -0.1) is 0 Å². The van der Waals surface area contributed by atoms with Gasteiger partial charge in [0.2, 0.25) is 0 Å². The number of hydrogen-bond acceptors (Lipinski definition) is 4. The largest absolute Gasteiger partial charge is 0.368 e. The normalized spacial score (nSPS) is 14.4. The number of aromatic amines is 1. The average molecular weight is 422 g/mol. The van der Waals surface area contributed by atoms with Gasteiger partial charge in [-0.3, -0.25) is 0 Å². The number of anilines is 2. The Morgan fingerprint density at radius 3 is 2.34 bits per heavy atom. The third-order valence-corrected chi connectivity index (χ3v) is 6.04. The minimum absolute atomic E-state index is 0.0755. The summed E-state index contributed by atoms with van der Waals surface area (Å²) in [6.07, 6.45) is 0. The molecule has 0 atom stereocenters. The fraction of sp³-hybridized carbons (Fsp3) is 0.160. The summed E-state index contributed by atoms with van der Waals surface area (Å²) >= 11 is 0. The van der Waals surface area contributed by atoms with Crippen LogP contribution in [0, 0.1) is 0 Å². The molecular formula is C25H22N6O. The predicted molar refractivity (Wildman–Crippen MR) is 128 cm³/mol. The molecule has 3 aromatic carbocycles. The number of para-hydroxylation sites is 3. The molecule has 5 aromatic rings. The van der Waals surface area contributed by atoms with E-state index < -0.39 is 0 Å². The molecule has 0 bridgehead atoms. The van der Waals surface area contributed by atoms with Crippen LogP contribution in [0.3, 0.4) is 0 Å². The van der Waals surface area contributed by atoms with E-state index in [0.29, 0.717) is 13.1 Å². The van der Waals surface area contributed by atoms with Gasteiger partial charge in [-0.05, 0) is 42.5 Å². The first-order valence-electron chi connectivity index (χ1n) is 10.8. The first-order valence-corrected chi connectivity index (χ1v) is 10.8. The maximum absolute atomic E-state index is 12.9. The van der Waals surface area contributed by atoms with Crippen molar-refractivity contribution in [2.24, 2.45) is 0 Å². The maximum atomic E-state index is 12.9. The van der Waals surface area contributed by atoms with Crippen molar-refractivity contribution in [2.45, 2.75) is 0 Å². The van der Waals surface area contributed by atoms with E-state index in [9.17, 15) is 4.79 Å². The first kappa shape index (κ1) is 18.6. The van der Waals surface area contributed by atoms with Crippen LogP contribution < -0.4 is 10.2 Å². The summed E-state index contributed by atoms with van der Waals surface area (Å²) in [6.45, 7) is 3.02. The molecule has 7 nitrogen and oxygen atoms in total. The number of piperazine rings is 1. The summed E-state index contributed by atoms with van der Waals surface area (Å²) in [5, 5.41) is 4.01. The molecule has 1 aliphatic rings. The lowest BCUT2D eigenvalue weighted by molar-refractivity contribution is 0.208. The summed E-state index contributed by atoms with van der Waals surface area (Å²) in [5.41, 5.74) is 6.17. The van der Waals surface area contributed by atoms with Crippen LogP contribution in [0.4, 0.5) is 16.2 Å². The summed E-state index contributed by atoms with van der Waals surface area (Å²) in [5.74, 6) is 0. The highest BCUT2D eigenvalue weighted by Crippen LogP contribution is 2.27. The molecule has 3 heterocycles. The zero-order valence-corrected chi connectivity index (χ0v) is 17.5. The van der Waals surface area contributed by atoms with Gasteiger partial charge in [-0.2, -0.15) is 0 Å². The fourth-order valence-corrected chi connectivity index (χ4v) is 4.34. The van der Waals surface area contributed by atoms with Gasteiger partial charge in [-0.1, -0.05) is 30.3 Å². The summed E-state index contributed by atoms with van der Waals surface area (Å²) < 4.78 is 0. The molecule has 1 saturated heterocycles. The molecule has 2 amide bonds. The molecule has 6 rings (SSSR count). The highest BCUT2D eigenvalue weighted by Gasteiger charge is 2.21. The number of carbonyl (C=O) groups is 1. The van der Waals surface area contributed by atoms with Gasteiger partial charge in [0, 0.05) is 48.5 Å². The quantitative estimate of drug-likeness (QED) is 0.435. The van der Waals surface area contributed by atoms with Gasteiger partial charge in [-0.25, -0.2) is 14.8 Å². The molecule has 2 aromatic heterocycles. The van der Waals surface area contributed by atoms with Gasteiger partial charge in [0.25, 0.3) is 0 Å². The summed E-state index contributed by atoms with van der Waals surface area (Å²) in [7, 11) is 0. The molecule has 1 fully saturated rings. The van der Waals surface area contributed by atoms with Crippen molar-refractivity contribution in [1.29, 1.82) is 0 Å². The lowest BCUT2D eigenvalue weighted by atomic mass is 10.2. The van der Waals surface area contributed by atoms with Crippen LogP contribution in [0.2, 0.25) is 0 Å². The standard InChI is InChI=1S/C25H22N6O/c32-25(31-14-12-30(13-15-31)18-6-2-1-3-7-18)26-17-10-11-20-19(16-17)23-24(28-20)29-22-9-5-4-8-21(22)27-23/h1-11,16H,12-15H2,(H,26,32)(H,28,29). The third-order valence-electron chi connectivity index (χ3n) is 6.04. The Hall–Kier alpha value is -4.13. The first-order chi connectivity index (χ1) is 15.7. The molecule has 1 aliphatic heterocycles. The Kier molecular flexibility index (Phi) is 4.38. The number of hydrogen-bond donors (Lipinski definition) is 2. The molecule has 0 spiro atoms. The van der Waals surface area contributed by atoms with E-state index in [0.717, 1.165) is 51.9 Å². The van der Waals surface area contributed by atoms with Crippen molar-refractivity contribution in [3.63, 3.8) is 0 Å². The van der Waals surface area contributed by atoms with E-state index in [4.69, 9.17) is 9.97 Å². The monoisotopic (exact) mass is 422 g/mol. The molecule has 2 N–H and O–H groups in total. The van der Waals surface area contributed by atoms with Gasteiger partial charge >= 0.3 is 6.03 Å². The average Bonchev–Trinajstić information content (AvgIpc) is 3.20. The molecule has 0 saturated carbocycles.